The molecule has 1 saturated carbocycles. The third-order valence-electron chi connectivity index (χ3n) is 9.04. The molecule has 6 N–H and O–H groups in total. The molecule has 252 valence electrons. The van der Waals surface area contributed by atoms with E-state index in [4.69, 9.17) is 9.15 Å². The van der Waals surface area contributed by atoms with Crippen LogP contribution >= 0.6 is 0 Å². The Bertz CT molecular complexity index is 1740. The van der Waals surface area contributed by atoms with E-state index in [1.807, 2.05) is 19.9 Å². The van der Waals surface area contributed by atoms with Crippen LogP contribution in [0, 0.1) is 11.8 Å². The molecule has 1 aliphatic rings. The van der Waals surface area contributed by atoms with Crippen LogP contribution in [0.3, 0.4) is 0 Å². The molecule has 0 bridgehead atoms. The van der Waals surface area contributed by atoms with Gasteiger partial charge in [0.1, 0.15) is 40.1 Å². The molecule has 47 heavy (non-hydrogen) atoms. The highest BCUT2D eigenvalue weighted by Gasteiger charge is 2.28. The number of phenolic OH excluding ortho intramolecular Hbond substituents is 3. The zero-order valence-electron chi connectivity index (χ0n) is 27.1. The van der Waals surface area contributed by atoms with E-state index in [-0.39, 0.29) is 58.7 Å². The Morgan fingerprint density at radius 1 is 0.915 bits per heavy atom. The van der Waals surface area contributed by atoms with Gasteiger partial charge in [-0.3, -0.25) is 4.79 Å². The van der Waals surface area contributed by atoms with Gasteiger partial charge in [-0.2, -0.15) is 0 Å². The minimum atomic E-state index is -0.858. The largest absolute Gasteiger partial charge is 0.508 e. The molecular formula is C38H46O9. The molecule has 1 heterocycles. The van der Waals surface area contributed by atoms with Gasteiger partial charge in [0.05, 0.1) is 6.10 Å². The Hall–Kier alpha value is -4.21. The summed E-state index contributed by atoms with van der Waals surface area (Å²) in [6.07, 6.45) is 5.90. The van der Waals surface area contributed by atoms with Crippen molar-refractivity contribution in [3.63, 3.8) is 0 Å². The van der Waals surface area contributed by atoms with Gasteiger partial charge < -0.3 is 39.8 Å². The van der Waals surface area contributed by atoms with Crippen molar-refractivity contribution in [1.82, 2.24) is 0 Å². The van der Waals surface area contributed by atoms with Crippen molar-refractivity contribution in [3.8, 4) is 40.1 Å². The molecule has 0 radical (unpaired) electrons. The summed E-state index contributed by atoms with van der Waals surface area (Å²) in [6, 6.07) is 12.6. The van der Waals surface area contributed by atoms with E-state index in [0.717, 1.165) is 31.2 Å². The third kappa shape index (κ3) is 8.21. The van der Waals surface area contributed by atoms with E-state index in [2.05, 4.69) is 0 Å². The van der Waals surface area contributed by atoms with Gasteiger partial charge in [0, 0.05) is 30.7 Å². The van der Waals surface area contributed by atoms with E-state index in [1.54, 1.807) is 30.3 Å². The smallest absolute Gasteiger partial charge is 0.238 e. The maximum atomic E-state index is 13.8. The maximum Gasteiger partial charge on any atom is 0.238 e. The summed E-state index contributed by atoms with van der Waals surface area (Å²) >= 11 is 0. The van der Waals surface area contributed by atoms with Crippen molar-refractivity contribution in [3.05, 3.63) is 75.4 Å². The molecule has 0 aliphatic heterocycles. The van der Waals surface area contributed by atoms with Crippen LogP contribution in [0.25, 0.3) is 22.3 Å². The first kappa shape index (κ1) is 34.1. The van der Waals surface area contributed by atoms with Crippen molar-refractivity contribution in [2.45, 2.75) is 90.3 Å². The van der Waals surface area contributed by atoms with Crippen LogP contribution in [0.2, 0.25) is 0 Å². The van der Waals surface area contributed by atoms with Crippen LogP contribution in [0.5, 0.6) is 28.7 Å². The van der Waals surface area contributed by atoms with E-state index in [0.29, 0.717) is 48.3 Å². The fraction of sp³-hybridized carbons (Fsp3) is 0.447. The molecule has 1 aliphatic carbocycles. The molecule has 2 unspecified atom stereocenters. The average molecular weight is 647 g/mol. The van der Waals surface area contributed by atoms with Gasteiger partial charge >= 0.3 is 0 Å². The lowest BCUT2D eigenvalue weighted by atomic mass is 9.84. The fourth-order valence-corrected chi connectivity index (χ4v) is 6.76. The molecule has 4 aromatic rings. The first-order valence-corrected chi connectivity index (χ1v) is 16.7. The summed E-state index contributed by atoms with van der Waals surface area (Å²) in [5.41, 5.74) is 1.45. The summed E-state index contributed by atoms with van der Waals surface area (Å²) in [7, 11) is 0. The zero-order chi connectivity index (χ0) is 33.7. The Labute approximate surface area is 274 Å². The van der Waals surface area contributed by atoms with Gasteiger partial charge in [-0.1, -0.05) is 58.1 Å². The van der Waals surface area contributed by atoms with Crippen LogP contribution in [-0.4, -0.2) is 49.5 Å². The van der Waals surface area contributed by atoms with Crippen molar-refractivity contribution in [2.24, 2.45) is 11.8 Å². The molecule has 3 aromatic carbocycles. The Morgan fingerprint density at radius 2 is 1.66 bits per heavy atom. The summed E-state index contributed by atoms with van der Waals surface area (Å²) in [6.45, 7) is 3.93. The van der Waals surface area contributed by atoms with Crippen molar-refractivity contribution in [1.29, 1.82) is 0 Å². The Morgan fingerprint density at radius 3 is 2.36 bits per heavy atom. The standard InChI is InChI=1S/C38H46O9/c1-22(2)14-25-18-27(19-26(35(25)43)15-24-10-6-11-28(40)16-24)38-37(45)36(44)34-32(20-29(41)21-33(34)47-38)46-31(12-7-13-39)30(42)17-23-8-4-3-5-9-23/h6,10-11,16,18-23,30-31,39-43,45H,3-5,7-9,12-15,17H2,1-2H3. The fourth-order valence-electron chi connectivity index (χ4n) is 6.76. The number of ether oxygens (including phenoxy) is 1. The number of aliphatic hydroxyl groups excluding tert-OH is 2. The van der Waals surface area contributed by atoms with Gasteiger partial charge in [0.25, 0.3) is 0 Å². The lowest BCUT2D eigenvalue weighted by Crippen LogP contribution is -2.34. The molecule has 9 heteroatoms. The SMILES string of the molecule is CC(C)Cc1cc(-c2oc3cc(O)cc(OC(CCCO)C(O)CC4CCCCC4)c3c(=O)c2O)cc(Cc2cccc(O)c2)c1O. The minimum absolute atomic E-state index is 0.0199. The normalized spacial score (nSPS) is 15.3. The predicted octanol–water partition coefficient (Wildman–Crippen LogP) is 6.92. The highest BCUT2D eigenvalue weighted by atomic mass is 16.5. The number of fused-ring (bicyclic) bond motifs is 1. The van der Waals surface area contributed by atoms with Crippen LogP contribution in [0.1, 0.15) is 81.9 Å². The van der Waals surface area contributed by atoms with E-state index in [1.165, 1.54) is 18.6 Å². The number of rotatable bonds is 13. The zero-order valence-corrected chi connectivity index (χ0v) is 27.1. The molecular weight excluding hydrogens is 600 g/mol. The van der Waals surface area contributed by atoms with Gasteiger partial charge in [-0.05, 0) is 78.5 Å². The highest BCUT2D eigenvalue weighted by Crippen LogP contribution is 2.40. The molecule has 1 aromatic heterocycles. The monoisotopic (exact) mass is 646 g/mol. The summed E-state index contributed by atoms with van der Waals surface area (Å²) < 4.78 is 12.4. The predicted molar refractivity (Wildman–Crippen MR) is 180 cm³/mol. The Kier molecular flexibility index (Phi) is 11.0. The van der Waals surface area contributed by atoms with Crippen molar-refractivity contribution in [2.75, 3.05) is 6.61 Å². The highest BCUT2D eigenvalue weighted by molar-refractivity contribution is 5.88. The lowest BCUT2D eigenvalue weighted by molar-refractivity contribution is 0.00987. The van der Waals surface area contributed by atoms with Gasteiger partial charge in [0.15, 0.2) is 5.76 Å². The van der Waals surface area contributed by atoms with Crippen LogP contribution < -0.4 is 10.2 Å². The Balaban J connectivity index is 1.56. The third-order valence-corrected chi connectivity index (χ3v) is 9.04. The van der Waals surface area contributed by atoms with Crippen LogP contribution in [0.4, 0.5) is 0 Å². The molecule has 0 spiro atoms. The molecule has 1 fully saturated rings. The van der Waals surface area contributed by atoms with Gasteiger partial charge in [-0.25, -0.2) is 0 Å². The van der Waals surface area contributed by atoms with E-state index in [9.17, 15) is 35.4 Å². The average Bonchev–Trinajstić information content (AvgIpc) is 3.02. The van der Waals surface area contributed by atoms with Gasteiger partial charge in [0.2, 0.25) is 11.2 Å². The second kappa shape index (κ2) is 15.1. The summed E-state index contributed by atoms with van der Waals surface area (Å²) in [5, 5.41) is 63.8. The number of benzene rings is 3. The quantitative estimate of drug-likeness (QED) is 0.0906. The number of aromatic hydroxyl groups is 4. The molecule has 5 rings (SSSR count). The number of hydrogen-bond donors (Lipinski definition) is 6. The summed E-state index contributed by atoms with van der Waals surface area (Å²) in [5.74, 6) is -0.324. The van der Waals surface area contributed by atoms with E-state index < -0.39 is 23.4 Å². The molecule has 2 atom stereocenters. The van der Waals surface area contributed by atoms with Crippen LogP contribution in [0.15, 0.2) is 57.7 Å². The molecule has 9 nitrogen and oxygen atoms in total. The van der Waals surface area contributed by atoms with Crippen molar-refractivity contribution >= 4 is 11.0 Å². The number of aliphatic hydroxyl groups is 2. The first-order chi connectivity index (χ1) is 22.5. The molecule has 0 amide bonds. The molecule has 0 saturated heterocycles. The second-order valence-corrected chi connectivity index (χ2v) is 13.3. The van der Waals surface area contributed by atoms with Crippen molar-refractivity contribution < 1.29 is 39.8 Å². The number of hydrogen-bond acceptors (Lipinski definition) is 9. The lowest BCUT2D eigenvalue weighted by Gasteiger charge is -2.29. The second-order valence-electron chi connectivity index (χ2n) is 13.3. The maximum absolute atomic E-state index is 13.8. The van der Waals surface area contributed by atoms with E-state index >= 15 is 0 Å². The number of phenols is 3. The topological polar surface area (TPSA) is 161 Å². The minimum Gasteiger partial charge on any atom is -0.508 e. The van der Waals surface area contributed by atoms with Crippen LogP contribution in [-0.2, 0) is 12.8 Å². The summed E-state index contributed by atoms with van der Waals surface area (Å²) in [4.78, 5) is 13.8. The van der Waals surface area contributed by atoms with Gasteiger partial charge in [-0.15, -0.1) is 0 Å². The first-order valence-electron chi connectivity index (χ1n) is 16.7.